The van der Waals surface area contributed by atoms with Crippen LogP contribution in [0.4, 0.5) is 4.39 Å². The van der Waals surface area contributed by atoms with Crippen molar-refractivity contribution in [1.82, 2.24) is 5.32 Å². The molecule has 3 N–H and O–H groups in total. The molecule has 0 aliphatic rings. The SMILES string of the molecule is CC(CC(=O)NCCN)S(=O)(=O)c1ccc(F)cc1. The van der Waals surface area contributed by atoms with Crippen molar-refractivity contribution in [3.63, 3.8) is 0 Å². The summed E-state index contributed by atoms with van der Waals surface area (Å²) >= 11 is 0. The number of hydrogen-bond donors (Lipinski definition) is 2. The van der Waals surface area contributed by atoms with Crippen LogP contribution in [0, 0.1) is 5.82 Å². The molecule has 1 atom stereocenters. The van der Waals surface area contributed by atoms with Crippen molar-refractivity contribution in [2.24, 2.45) is 5.73 Å². The van der Waals surface area contributed by atoms with Crippen LogP contribution in [-0.2, 0) is 14.6 Å². The van der Waals surface area contributed by atoms with Gasteiger partial charge < -0.3 is 11.1 Å². The number of carbonyl (C=O) groups is 1. The molecule has 1 amide bonds. The molecule has 106 valence electrons. The maximum atomic E-state index is 12.8. The quantitative estimate of drug-likeness (QED) is 0.744. The Bertz CT molecular complexity index is 528. The van der Waals surface area contributed by atoms with Crippen LogP contribution in [0.25, 0.3) is 0 Å². The Hall–Kier alpha value is -1.47. The van der Waals surface area contributed by atoms with Crippen LogP contribution in [0.1, 0.15) is 13.3 Å². The summed E-state index contributed by atoms with van der Waals surface area (Å²) in [6.45, 7) is 2.05. The Kier molecular flexibility index (Phi) is 5.44. The Morgan fingerprint density at radius 2 is 1.95 bits per heavy atom. The Morgan fingerprint density at radius 1 is 1.37 bits per heavy atom. The third kappa shape index (κ3) is 4.29. The van der Waals surface area contributed by atoms with Crippen molar-refractivity contribution >= 4 is 15.7 Å². The smallest absolute Gasteiger partial charge is 0.221 e. The number of halogens is 1. The van der Waals surface area contributed by atoms with Gasteiger partial charge in [-0.1, -0.05) is 0 Å². The molecule has 0 fully saturated rings. The Balaban J connectivity index is 2.77. The van der Waals surface area contributed by atoms with Gasteiger partial charge in [0.1, 0.15) is 5.82 Å². The van der Waals surface area contributed by atoms with E-state index in [1.165, 1.54) is 19.1 Å². The van der Waals surface area contributed by atoms with Gasteiger partial charge in [-0.15, -0.1) is 0 Å². The van der Waals surface area contributed by atoms with E-state index in [0.29, 0.717) is 13.1 Å². The van der Waals surface area contributed by atoms with Crippen molar-refractivity contribution in [3.8, 4) is 0 Å². The fourth-order valence-corrected chi connectivity index (χ4v) is 2.86. The molecule has 0 aliphatic carbocycles. The monoisotopic (exact) mass is 288 g/mol. The highest BCUT2D eigenvalue weighted by Gasteiger charge is 2.25. The number of hydrogen-bond acceptors (Lipinski definition) is 4. The van der Waals surface area contributed by atoms with Crippen LogP contribution in [-0.4, -0.2) is 32.7 Å². The fraction of sp³-hybridized carbons (Fsp3) is 0.417. The lowest BCUT2D eigenvalue weighted by molar-refractivity contribution is -0.120. The summed E-state index contributed by atoms with van der Waals surface area (Å²) < 4.78 is 37.0. The number of carbonyl (C=O) groups excluding carboxylic acids is 1. The lowest BCUT2D eigenvalue weighted by atomic mass is 10.3. The normalized spacial score (nSPS) is 13.0. The number of sulfone groups is 1. The van der Waals surface area contributed by atoms with Gasteiger partial charge in [-0.3, -0.25) is 4.79 Å². The minimum absolute atomic E-state index is 0.00743. The van der Waals surface area contributed by atoms with Crippen LogP contribution >= 0.6 is 0 Å². The molecule has 0 saturated carbocycles. The standard InChI is InChI=1S/C12H17FN2O3S/c1-9(8-12(16)15-7-6-14)19(17,18)11-4-2-10(13)3-5-11/h2-5,9H,6-8,14H2,1H3,(H,15,16). The average molecular weight is 288 g/mol. The van der Waals surface area contributed by atoms with Crippen LogP contribution in [0.2, 0.25) is 0 Å². The summed E-state index contributed by atoms with van der Waals surface area (Å²) in [5.74, 6) is -0.879. The van der Waals surface area contributed by atoms with E-state index in [-0.39, 0.29) is 17.2 Å². The van der Waals surface area contributed by atoms with E-state index < -0.39 is 20.9 Å². The molecule has 0 radical (unpaired) electrons. The van der Waals surface area contributed by atoms with Gasteiger partial charge in [-0.05, 0) is 31.2 Å². The van der Waals surface area contributed by atoms with E-state index in [2.05, 4.69) is 5.32 Å². The third-order valence-electron chi connectivity index (χ3n) is 2.61. The third-order valence-corrected chi connectivity index (χ3v) is 4.77. The lowest BCUT2D eigenvalue weighted by Crippen LogP contribution is -2.33. The van der Waals surface area contributed by atoms with E-state index in [4.69, 9.17) is 5.73 Å². The molecule has 1 aromatic rings. The van der Waals surface area contributed by atoms with Gasteiger partial charge >= 0.3 is 0 Å². The van der Waals surface area contributed by atoms with Gasteiger partial charge in [-0.2, -0.15) is 0 Å². The predicted molar refractivity (Wildman–Crippen MR) is 69.7 cm³/mol. The highest BCUT2D eigenvalue weighted by atomic mass is 32.2. The van der Waals surface area contributed by atoms with E-state index in [9.17, 15) is 17.6 Å². The zero-order valence-electron chi connectivity index (χ0n) is 10.6. The molecular weight excluding hydrogens is 271 g/mol. The minimum Gasteiger partial charge on any atom is -0.355 e. The van der Waals surface area contributed by atoms with Crippen LogP contribution in [0.5, 0.6) is 0 Å². The lowest BCUT2D eigenvalue weighted by Gasteiger charge is -2.12. The van der Waals surface area contributed by atoms with Crippen LogP contribution < -0.4 is 11.1 Å². The highest BCUT2D eigenvalue weighted by molar-refractivity contribution is 7.92. The average Bonchev–Trinajstić information content (AvgIpc) is 2.36. The molecule has 0 saturated heterocycles. The maximum Gasteiger partial charge on any atom is 0.221 e. The number of rotatable bonds is 6. The topological polar surface area (TPSA) is 89.3 Å². The molecule has 0 aliphatic heterocycles. The molecule has 0 bridgehead atoms. The summed E-state index contributed by atoms with van der Waals surface area (Å²) in [5.41, 5.74) is 5.23. The molecule has 7 heteroatoms. The second kappa shape index (κ2) is 6.63. The first kappa shape index (κ1) is 15.6. The predicted octanol–water partition coefficient (Wildman–Crippen LogP) is 0.453. The van der Waals surface area contributed by atoms with Crippen LogP contribution in [0.15, 0.2) is 29.2 Å². The van der Waals surface area contributed by atoms with Crippen molar-refractivity contribution in [2.45, 2.75) is 23.5 Å². The van der Waals surface area contributed by atoms with Gasteiger partial charge in [-0.25, -0.2) is 12.8 Å². The number of nitrogens with two attached hydrogens (primary N) is 1. The van der Waals surface area contributed by atoms with Crippen molar-refractivity contribution in [1.29, 1.82) is 0 Å². The summed E-state index contributed by atoms with van der Waals surface area (Å²) in [6, 6.07) is 4.54. The molecule has 1 aromatic carbocycles. The van der Waals surface area contributed by atoms with Crippen LogP contribution in [0.3, 0.4) is 0 Å². The number of nitrogens with one attached hydrogen (secondary N) is 1. The van der Waals surface area contributed by atoms with Crippen molar-refractivity contribution in [2.75, 3.05) is 13.1 Å². The Morgan fingerprint density at radius 3 is 2.47 bits per heavy atom. The van der Waals surface area contributed by atoms with Gasteiger partial charge in [0.2, 0.25) is 5.91 Å². The zero-order valence-corrected chi connectivity index (χ0v) is 11.4. The number of benzene rings is 1. The molecular formula is C12H17FN2O3S. The summed E-state index contributed by atoms with van der Waals surface area (Å²) in [6.07, 6.45) is -0.153. The molecule has 5 nitrogen and oxygen atoms in total. The van der Waals surface area contributed by atoms with E-state index >= 15 is 0 Å². The largest absolute Gasteiger partial charge is 0.355 e. The van der Waals surface area contributed by atoms with E-state index in [1.807, 2.05) is 0 Å². The zero-order chi connectivity index (χ0) is 14.5. The number of amides is 1. The summed E-state index contributed by atoms with van der Waals surface area (Å²) in [5, 5.41) is 1.63. The fourth-order valence-electron chi connectivity index (χ4n) is 1.51. The van der Waals surface area contributed by atoms with Gasteiger partial charge in [0, 0.05) is 19.5 Å². The van der Waals surface area contributed by atoms with Crippen molar-refractivity contribution < 1.29 is 17.6 Å². The Labute approximate surface area is 111 Å². The molecule has 0 spiro atoms. The van der Waals surface area contributed by atoms with E-state index in [1.54, 1.807) is 0 Å². The highest BCUT2D eigenvalue weighted by Crippen LogP contribution is 2.18. The first-order chi connectivity index (χ1) is 8.87. The van der Waals surface area contributed by atoms with Gasteiger partial charge in [0.05, 0.1) is 10.1 Å². The first-order valence-electron chi connectivity index (χ1n) is 5.84. The molecule has 19 heavy (non-hydrogen) atoms. The first-order valence-corrected chi connectivity index (χ1v) is 7.38. The second-order valence-corrected chi connectivity index (χ2v) is 6.52. The molecule has 0 aromatic heterocycles. The maximum absolute atomic E-state index is 12.8. The molecule has 1 rings (SSSR count). The van der Waals surface area contributed by atoms with Crippen molar-refractivity contribution in [3.05, 3.63) is 30.1 Å². The van der Waals surface area contributed by atoms with Gasteiger partial charge in [0.15, 0.2) is 9.84 Å². The minimum atomic E-state index is -3.63. The van der Waals surface area contributed by atoms with Gasteiger partial charge in [0.25, 0.3) is 0 Å². The summed E-state index contributed by atoms with van der Waals surface area (Å²) in [4.78, 5) is 11.5. The summed E-state index contributed by atoms with van der Waals surface area (Å²) in [7, 11) is -3.63. The van der Waals surface area contributed by atoms with E-state index in [0.717, 1.165) is 12.1 Å². The molecule has 1 unspecified atom stereocenters. The molecule has 0 heterocycles. The second-order valence-electron chi connectivity index (χ2n) is 4.15.